The van der Waals surface area contributed by atoms with Crippen LogP contribution in [0.3, 0.4) is 0 Å². The summed E-state index contributed by atoms with van der Waals surface area (Å²) in [5, 5.41) is 8.88. The number of anilines is 1. The molecule has 4 heteroatoms. The van der Waals surface area contributed by atoms with Crippen molar-refractivity contribution in [3.63, 3.8) is 0 Å². The Bertz CT molecular complexity index is 1060. The van der Waals surface area contributed by atoms with Crippen LogP contribution in [-0.2, 0) is 17.1 Å². The summed E-state index contributed by atoms with van der Waals surface area (Å²) in [6, 6.07) is 26.7. The number of carboxylic acid groups (broad SMARTS) is 1. The van der Waals surface area contributed by atoms with E-state index in [4.69, 9.17) is 5.11 Å². The SMILES string of the molecule is CCC(CC)c1ccc(N(Cc2cccc(-c3cccc(CSCC(=O)O)c3)c2)C(C)C)cc1. The maximum Gasteiger partial charge on any atom is 0.313 e. The summed E-state index contributed by atoms with van der Waals surface area (Å²) in [6.45, 7) is 9.87. The Balaban J connectivity index is 1.77. The molecular weight excluding hydrogens is 438 g/mol. The van der Waals surface area contributed by atoms with Gasteiger partial charge in [-0.1, -0.05) is 68.4 Å². The summed E-state index contributed by atoms with van der Waals surface area (Å²) in [6.07, 6.45) is 2.35. The fourth-order valence-electron chi connectivity index (χ4n) is 4.41. The van der Waals surface area contributed by atoms with Crippen molar-refractivity contribution in [1.82, 2.24) is 0 Å². The van der Waals surface area contributed by atoms with Gasteiger partial charge >= 0.3 is 5.97 Å². The molecule has 0 saturated heterocycles. The van der Waals surface area contributed by atoms with Gasteiger partial charge in [0.25, 0.3) is 0 Å². The quantitative estimate of drug-likeness (QED) is 0.288. The zero-order chi connectivity index (χ0) is 24.5. The molecule has 0 aliphatic rings. The third-order valence-electron chi connectivity index (χ3n) is 6.34. The van der Waals surface area contributed by atoms with E-state index in [-0.39, 0.29) is 5.75 Å². The van der Waals surface area contributed by atoms with E-state index in [1.54, 1.807) is 0 Å². The number of thioether (sulfide) groups is 1. The van der Waals surface area contributed by atoms with Gasteiger partial charge in [-0.3, -0.25) is 4.79 Å². The Morgan fingerprint density at radius 3 is 2.03 bits per heavy atom. The normalized spacial score (nSPS) is 11.2. The standard InChI is InChI=1S/C30H37NO2S/c1-5-25(6-2)26-13-15-29(16-14-26)31(22(3)4)19-23-9-7-11-27(17-23)28-12-8-10-24(18-28)20-34-21-30(32)33/h7-18,22,25H,5-6,19-21H2,1-4H3,(H,32,33). The Morgan fingerprint density at radius 1 is 0.882 bits per heavy atom. The van der Waals surface area contributed by atoms with Crippen molar-refractivity contribution in [3.8, 4) is 11.1 Å². The van der Waals surface area contributed by atoms with Gasteiger partial charge in [-0.15, -0.1) is 11.8 Å². The van der Waals surface area contributed by atoms with Gasteiger partial charge < -0.3 is 10.0 Å². The van der Waals surface area contributed by atoms with E-state index < -0.39 is 5.97 Å². The second kappa shape index (κ2) is 12.7. The van der Waals surface area contributed by atoms with Gasteiger partial charge in [0.05, 0.1) is 5.75 Å². The van der Waals surface area contributed by atoms with Crippen molar-refractivity contribution < 1.29 is 9.90 Å². The average Bonchev–Trinajstić information content (AvgIpc) is 2.84. The van der Waals surface area contributed by atoms with Crippen LogP contribution in [-0.4, -0.2) is 22.9 Å². The molecule has 3 aromatic rings. The molecule has 0 aromatic heterocycles. The van der Waals surface area contributed by atoms with Gasteiger partial charge in [0.2, 0.25) is 0 Å². The van der Waals surface area contributed by atoms with Crippen molar-refractivity contribution in [2.45, 2.75) is 64.8 Å². The first-order valence-electron chi connectivity index (χ1n) is 12.3. The zero-order valence-corrected chi connectivity index (χ0v) is 21.6. The molecular formula is C30H37NO2S. The third-order valence-corrected chi connectivity index (χ3v) is 7.33. The first-order valence-corrected chi connectivity index (χ1v) is 13.4. The Kier molecular flexibility index (Phi) is 9.64. The molecule has 0 amide bonds. The summed E-state index contributed by atoms with van der Waals surface area (Å²) in [5.41, 5.74) is 7.47. The highest BCUT2D eigenvalue weighted by atomic mass is 32.2. The summed E-state index contributed by atoms with van der Waals surface area (Å²) in [7, 11) is 0. The van der Waals surface area contributed by atoms with Crippen LogP contribution < -0.4 is 4.90 Å². The van der Waals surface area contributed by atoms with Gasteiger partial charge in [-0.2, -0.15) is 0 Å². The number of nitrogens with zero attached hydrogens (tertiary/aromatic N) is 1. The monoisotopic (exact) mass is 475 g/mol. The fraction of sp³-hybridized carbons (Fsp3) is 0.367. The minimum atomic E-state index is -0.770. The van der Waals surface area contributed by atoms with Gasteiger partial charge in [0.15, 0.2) is 0 Å². The van der Waals surface area contributed by atoms with Crippen LogP contribution >= 0.6 is 11.8 Å². The molecule has 0 fully saturated rings. The molecule has 0 atom stereocenters. The zero-order valence-electron chi connectivity index (χ0n) is 20.8. The van der Waals surface area contributed by atoms with E-state index in [0.29, 0.717) is 17.7 Å². The number of benzene rings is 3. The van der Waals surface area contributed by atoms with Crippen molar-refractivity contribution in [1.29, 1.82) is 0 Å². The van der Waals surface area contributed by atoms with E-state index in [9.17, 15) is 4.79 Å². The van der Waals surface area contributed by atoms with Gasteiger partial charge in [-0.05, 0) is 78.6 Å². The van der Waals surface area contributed by atoms with Crippen LogP contribution in [0, 0.1) is 0 Å². The highest BCUT2D eigenvalue weighted by Crippen LogP contribution is 2.28. The molecule has 3 rings (SSSR count). The number of hydrogen-bond acceptors (Lipinski definition) is 3. The maximum absolute atomic E-state index is 10.8. The summed E-state index contributed by atoms with van der Waals surface area (Å²) in [4.78, 5) is 13.3. The van der Waals surface area contributed by atoms with Crippen LogP contribution in [0.5, 0.6) is 0 Å². The number of carbonyl (C=O) groups is 1. The Morgan fingerprint density at radius 2 is 1.47 bits per heavy atom. The van der Waals surface area contributed by atoms with E-state index >= 15 is 0 Å². The van der Waals surface area contributed by atoms with Crippen LogP contribution in [0.15, 0.2) is 72.8 Å². The van der Waals surface area contributed by atoms with Crippen LogP contribution in [0.2, 0.25) is 0 Å². The molecule has 0 aliphatic carbocycles. The summed E-state index contributed by atoms with van der Waals surface area (Å²) < 4.78 is 0. The third kappa shape index (κ3) is 7.14. The molecule has 180 valence electrons. The minimum absolute atomic E-state index is 0.128. The van der Waals surface area contributed by atoms with Crippen molar-refractivity contribution in [2.75, 3.05) is 10.7 Å². The summed E-state index contributed by atoms with van der Waals surface area (Å²) >= 11 is 1.43. The molecule has 0 aliphatic heterocycles. The van der Waals surface area contributed by atoms with Crippen molar-refractivity contribution in [2.24, 2.45) is 0 Å². The largest absolute Gasteiger partial charge is 0.481 e. The van der Waals surface area contributed by atoms with Crippen molar-refractivity contribution in [3.05, 3.63) is 89.5 Å². The first-order chi connectivity index (χ1) is 16.4. The number of aliphatic carboxylic acids is 1. The first kappa shape index (κ1) is 25.9. The van der Waals surface area contributed by atoms with E-state index in [1.165, 1.54) is 52.5 Å². The number of carboxylic acids is 1. The highest BCUT2D eigenvalue weighted by molar-refractivity contribution is 7.99. The van der Waals surface area contributed by atoms with Crippen LogP contribution in [0.4, 0.5) is 5.69 Å². The van der Waals surface area contributed by atoms with Crippen LogP contribution in [0.25, 0.3) is 11.1 Å². The molecule has 0 unspecified atom stereocenters. The molecule has 0 spiro atoms. The van der Waals surface area contributed by atoms with Crippen LogP contribution in [0.1, 0.15) is 63.1 Å². The lowest BCUT2D eigenvalue weighted by molar-refractivity contribution is -0.133. The lowest BCUT2D eigenvalue weighted by Crippen LogP contribution is -2.30. The Hall–Kier alpha value is -2.72. The maximum atomic E-state index is 10.8. The second-order valence-corrected chi connectivity index (χ2v) is 10.1. The molecule has 3 nitrogen and oxygen atoms in total. The predicted octanol–water partition coefficient (Wildman–Crippen LogP) is 7.99. The molecule has 34 heavy (non-hydrogen) atoms. The molecule has 3 aromatic carbocycles. The smallest absolute Gasteiger partial charge is 0.313 e. The molecule has 0 radical (unpaired) electrons. The van der Waals surface area contributed by atoms with E-state index in [1.807, 2.05) is 0 Å². The average molecular weight is 476 g/mol. The predicted molar refractivity (Wildman–Crippen MR) is 147 cm³/mol. The van der Waals surface area contributed by atoms with E-state index in [0.717, 1.165) is 12.1 Å². The summed E-state index contributed by atoms with van der Waals surface area (Å²) in [5.74, 6) is 0.696. The highest BCUT2D eigenvalue weighted by Gasteiger charge is 2.14. The topological polar surface area (TPSA) is 40.5 Å². The van der Waals surface area contributed by atoms with Gasteiger partial charge in [-0.25, -0.2) is 0 Å². The lowest BCUT2D eigenvalue weighted by atomic mass is 9.94. The lowest BCUT2D eigenvalue weighted by Gasteiger charge is -2.30. The minimum Gasteiger partial charge on any atom is -0.481 e. The molecule has 0 saturated carbocycles. The second-order valence-electron chi connectivity index (χ2n) is 9.11. The number of rotatable bonds is 12. The molecule has 0 heterocycles. The van der Waals surface area contributed by atoms with E-state index in [2.05, 4.69) is 105 Å². The number of hydrogen-bond donors (Lipinski definition) is 1. The molecule has 1 N–H and O–H groups in total. The fourth-order valence-corrected chi connectivity index (χ4v) is 5.10. The van der Waals surface area contributed by atoms with Crippen molar-refractivity contribution >= 4 is 23.4 Å². The Labute approximate surface area is 209 Å². The van der Waals surface area contributed by atoms with Gasteiger partial charge in [0, 0.05) is 24.0 Å². The van der Waals surface area contributed by atoms with Gasteiger partial charge in [0.1, 0.15) is 0 Å². The molecule has 0 bridgehead atoms.